The summed E-state index contributed by atoms with van der Waals surface area (Å²) in [7, 11) is 0. The van der Waals surface area contributed by atoms with Gasteiger partial charge in [0.15, 0.2) is 0 Å². The van der Waals surface area contributed by atoms with Crippen LogP contribution >= 0.6 is 0 Å². The SMILES string of the molecule is CCOC(=O)c1cnc(N2CCN(CC(C=Cc3ccccc3)N3C(=O)c4ccccc4C3=O)CC2)nc1. The molecule has 2 aromatic carbocycles. The lowest BCUT2D eigenvalue weighted by Crippen LogP contribution is -2.52. The third-order valence-corrected chi connectivity index (χ3v) is 6.72. The molecule has 38 heavy (non-hydrogen) atoms. The predicted molar refractivity (Wildman–Crippen MR) is 143 cm³/mol. The van der Waals surface area contributed by atoms with Gasteiger partial charge in [-0.25, -0.2) is 14.8 Å². The van der Waals surface area contributed by atoms with Gasteiger partial charge in [-0.05, 0) is 24.6 Å². The van der Waals surface area contributed by atoms with E-state index in [2.05, 4.69) is 19.8 Å². The zero-order valence-corrected chi connectivity index (χ0v) is 21.2. The van der Waals surface area contributed by atoms with Crippen LogP contribution in [0.25, 0.3) is 6.08 Å². The molecule has 9 heteroatoms. The van der Waals surface area contributed by atoms with E-state index in [0.29, 0.717) is 62.0 Å². The Morgan fingerprint density at radius 2 is 1.53 bits per heavy atom. The van der Waals surface area contributed by atoms with Crippen LogP contribution in [0.4, 0.5) is 5.95 Å². The first-order chi connectivity index (χ1) is 18.5. The minimum Gasteiger partial charge on any atom is -0.462 e. The maximum atomic E-state index is 13.3. The van der Waals surface area contributed by atoms with Crippen molar-refractivity contribution in [2.45, 2.75) is 13.0 Å². The topological polar surface area (TPSA) is 95.9 Å². The smallest absolute Gasteiger partial charge is 0.341 e. The summed E-state index contributed by atoms with van der Waals surface area (Å²) in [5.74, 6) is -0.408. The number of esters is 1. The molecule has 2 aliphatic rings. The summed E-state index contributed by atoms with van der Waals surface area (Å²) in [6, 6.07) is 16.4. The van der Waals surface area contributed by atoms with Crippen LogP contribution in [0.15, 0.2) is 73.1 Å². The largest absolute Gasteiger partial charge is 0.462 e. The van der Waals surface area contributed by atoms with Crippen LogP contribution in [-0.4, -0.2) is 82.9 Å². The van der Waals surface area contributed by atoms with Gasteiger partial charge in [-0.2, -0.15) is 0 Å². The molecule has 1 atom stereocenters. The van der Waals surface area contributed by atoms with Crippen molar-refractivity contribution in [2.75, 3.05) is 44.2 Å². The minimum atomic E-state index is -0.438. The zero-order chi connectivity index (χ0) is 26.5. The number of fused-ring (bicyclic) bond motifs is 1. The average molecular weight is 512 g/mol. The van der Waals surface area contributed by atoms with Crippen LogP contribution in [0, 0.1) is 0 Å². The number of hydrogen-bond acceptors (Lipinski definition) is 8. The first kappa shape index (κ1) is 25.3. The van der Waals surface area contributed by atoms with E-state index in [-0.39, 0.29) is 11.8 Å². The number of carbonyl (C=O) groups is 3. The van der Waals surface area contributed by atoms with Gasteiger partial charge in [0.2, 0.25) is 5.95 Å². The number of amides is 2. The summed E-state index contributed by atoms with van der Waals surface area (Å²) in [5, 5.41) is 0. The minimum absolute atomic E-state index is 0.262. The van der Waals surface area contributed by atoms with E-state index < -0.39 is 12.0 Å². The van der Waals surface area contributed by atoms with Crippen LogP contribution in [-0.2, 0) is 4.74 Å². The number of benzene rings is 2. The third kappa shape index (κ3) is 5.33. The normalized spacial score (nSPS) is 16.7. The highest BCUT2D eigenvalue weighted by atomic mass is 16.5. The Bertz CT molecular complexity index is 1300. The molecule has 0 N–H and O–H groups in total. The predicted octanol–water partition coefficient (Wildman–Crippen LogP) is 3.15. The van der Waals surface area contributed by atoms with Gasteiger partial charge < -0.3 is 9.64 Å². The molecule has 5 rings (SSSR count). The highest BCUT2D eigenvalue weighted by Gasteiger charge is 2.39. The van der Waals surface area contributed by atoms with Crippen LogP contribution in [0.1, 0.15) is 43.6 Å². The van der Waals surface area contributed by atoms with E-state index in [9.17, 15) is 14.4 Å². The summed E-state index contributed by atoms with van der Waals surface area (Å²) in [5.41, 5.74) is 2.22. The van der Waals surface area contributed by atoms with Crippen LogP contribution in [0.3, 0.4) is 0 Å². The molecule has 1 unspecified atom stereocenters. The second-order valence-corrected chi connectivity index (χ2v) is 9.14. The van der Waals surface area contributed by atoms with Gasteiger partial charge in [0.05, 0.1) is 29.3 Å². The average Bonchev–Trinajstić information content (AvgIpc) is 3.22. The zero-order valence-electron chi connectivity index (χ0n) is 21.2. The van der Waals surface area contributed by atoms with E-state index in [1.807, 2.05) is 42.5 Å². The van der Waals surface area contributed by atoms with Crippen molar-refractivity contribution in [3.63, 3.8) is 0 Å². The molecule has 194 valence electrons. The number of piperazine rings is 1. The molecule has 1 aromatic heterocycles. The summed E-state index contributed by atoms with van der Waals surface area (Å²) >= 11 is 0. The lowest BCUT2D eigenvalue weighted by atomic mass is 10.1. The number of aromatic nitrogens is 2. The molecule has 2 aliphatic heterocycles. The van der Waals surface area contributed by atoms with Gasteiger partial charge in [0.25, 0.3) is 11.8 Å². The summed E-state index contributed by atoms with van der Waals surface area (Å²) in [6.07, 6.45) is 6.88. The van der Waals surface area contributed by atoms with Gasteiger partial charge >= 0.3 is 5.97 Å². The Kier molecular flexibility index (Phi) is 7.55. The molecule has 9 nitrogen and oxygen atoms in total. The van der Waals surface area contributed by atoms with Crippen LogP contribution in [0.5, 0.6) is 0 Å². The van der Waals surface area contributed by atoms with Crippen molar-refractivity contribution in [3.05, 3.63) is 95.3 Å². The molecule has 0 spiro atoms. The van der Waals surface area contributed by atoms with Crippen molar-refractivity contribution >= 4 is 29.8 Å². The maximum absolute atomic E-state index is 13.3. The van der Waals surface area contributed by atoms with Gasteiger partial charge in [-0.1, -0.05) is 54.6 Å². The van der Waals surface area contributed by atoms with E-state index >= 15 is 0 Å². The molecule has 0 radical (unpaired) electrons. The second-order valence-electron chi connectivity index (χ2n) is 9.14. The van der Waals surface area contributed by atoms with Gasteiger partial charge in [0.1, 0.15) is 0 Å². The fourth-order valence-corrected chi connectivity index (χ4v) is 4.72. The van der Waals surface area contributed by atoms with E-state index in [4.69, 9.17) is 4.74 Å². The fraction of sp³-hybridized carbons (Fsp3) is 0.276. The van der Waals surface area contributed by atoms with Crippen molar-refractivity contribution in [1.82, 2.24) is 19.8 Å². The number of rotatable bonds is 8. The molecule has 0 aliphatic carbocycles. The second kappa shape index (κ2) is 11.4. The van der Waals surface area contributed by atoms with E-state index in [0.717, 1.165) is 5.56 Å². The van der Waals surface area contributed by atoms with Gasteiger partial charge in [0, 0.05) is 45.1 Å². The van der Waals surface area contributed by atoms with E-state index in [1.54, 1.807) is 31.2 Å². The Morgan fingerprint density at radius 3 is 2.13 bits per heavy atom. The monoisotopic (exact) mass is 511 g/mol. The molecule has 0 bridgehead atoms. The molecular weight excluding hydrogens is 482 g/mol. The third-order valence-electron chi connectivity index (χ3n) is 6.72. The van der Waals surface area contributed by atoms with Crippen molar-refractivity contribution in [3.8, 4) is 0 Å². The van der Waals surface area contributed by atoms with Crippen molar-refractivity contribution in [1.29, 1.82) is 0 Å². The molecule has 1 saturated heterocycles. The number of nitrogens with zero attached hydrogens (tertiary/aromatic N) is 5. The Morgan fingerprint density at radius 1 is 0.921 bits per heavy atom. The molecule has 1 fully saturated rings. The summed E-state index contributed by atoms with van der Waals surface area (Å²) in [6.45, 7) is 5.34. The number of hydrogen-bond donors (Lipinski definition) is 0. The Labute approximate surface area is 221 Å². The fourth-order valence-electron chi connectivity index (χ4n) is 4.72. The van der Waals surface area contributed by atoms with Crippen LogP contribution in [0.2, 0.25) is 0 Å². The number of ether oxygens (including phenoxy) is 1. The number of imide groups is 1. The van der Waals surface area contributed by atoms with E-state index in [1.165, 1.54) is 17.3 Å². The molecule has 3 aromatic rings. The summed E-state index contributed by atoms with van der Waals surface area (Å²) < 4.78 is 4.99. The Balaban J connectivity index is 1.28. The molecule has 0 saturated carbocycles. The molecule has 3 heterocycles. The lowest BCUT2D eigenvalue weighted by Gasteiger charge is -2.37. The van der Waals surface area contributed by atoms with Crippen LogP contribution < -0.4 is 4.90 Å². The first-order valence-electron chi connectivity index (χ1n) is 12.7. The quantitative estimate of drug-likeness (QED) is 0.336. The lowest BCUT2D eigenvalue weighted by molar-refractivity contribution is 0.0523. The Hall–Kier alpha value is -4.37. The highest BCUT2D eigenvalue weighted by molar-refractivity contribution is 6.21. The highest BCUT2D eigenvalue weighted by Crippen LogP contribution is 2.26. The maximum Gasteiger partial charge on any atom is 0.341 e. The van der Waals surface area contributed by atoms with Gasteiger partial charge in [-0.15, -0.1) is 0 Å². The van der Waals surface area contributed by atoms with Gasteiger partial charge in [-0.3, -0.25) is 19.4 Å². The first-order valence-corrected chi connectivity index (χ1v) is 12.7. The summed E-state index contributed by atoms with van der Waals surface area (Å²) in [4.78, 5) is 52.7. The molecule has 2 amide bonds. The number of anilines is 1. The van der Waals surface area contributed by atoms with Crippen molar-refractivity contribution in [2.24, 2.45) is 0 Å². The standard InChI is InChI=1S/C29H29N5O4/c1-2-38-28(37)22-18-30-29(31-19-22)33-16-14-32(15-17-33)20-23(13-12-21-8-4-3-5-9-21)34-26(35)24-10-6-7-11-25(24)27(34)36/h3-13,18-19,23H,2,14-17,20H2,1H3. The number of carbonyl (C=O) groups excluding carboxylic acids is 3. The molecular formula is C29H29N5O4. The van der Waals surface area contributed by atoms with Crippen molar-refractivity contribution < 1.29 is 19.1 Å².